The van der Waals surface area contributed by atoms with E-state index in [2.05, 4.69) is 15.5 Å². The number of nitro groups is 1. The first kappa shape index (κ1) is 16.8. The van der Waals surface area contributed by atoms with Crippen molar-refractivity contribution < 1.29 is 9.72 Å². The lowest BCUT2D eigenvalue weighted by Gasteiger charge is -2.10. The summed E-state index contributed by atoms with van der Waals surface area (Å²) in [5, 5.41) is 30.7. The molecule has 0 atom stereocenters. The van der Waals surface area contributed by atoms with E-state index in [1.165, 1.54) is 22.5 Å². The molecule has 0 aliphatic carbocycles. The zero-order chi connectivity index (χ0) is 18.7. The molecule has 0 aliphatic rings. The molecular weight excluding hydrogens is 338 g/mol. The molecule has 26 heavy (non-hydrogen) atoms. The molecule has 0 unspecified atom stereocenters. The zero-order valence-electron chi connectivity index (χ0n) is 13.7. The Morgan fingerprint density at radius 2 is 2.04 bits per heavy atom. The molecule has 3 aromatic rings. The van der Waals surface area contributed by atoms with Gasteiger partial charge in [0.25, 0.3) is 0 Å². The van der Waals surface area contributed by atoms with Crippen LogP contribution in [-0.2, 0) is 11.3 Å². The smallest absolute Gasteiger partial charge is 0.308 e. The minimum Gasteiger partial charge on any atom is -0.308 e. The van der Waals surface area contributed by atoms with Crippen LogP contribution in [-0.4, -0.2) is 30.4 Å². The van der Waals surface area contributed by atoms with Crippen molar-refractivity contribution >= 4 is 17.4 Å². The first-order valence-electron chi connectivity index (χ1n) is 7.51. The second kappa shape index (κ2) is 6.86. The van der Waals surface area contributed by atoms with E-state index in [0.717, 1.165) is 6.20 Å². The summed E-state index contributed by atoms with van der Waals surface area (Å²) in [5.41, 5.74) is 0.979. The molecule has 10 heteroatoms. The van der Waals surface area contributed by atoms with Crippen LogP contribution < -0.4 is 5.32 Å². The normalized spacial score (nSPS) is 10.3. The van der Waals surface area contributed by atoms with Gasteiger partial charge in [-0.05, 0) is 19.1 Å². The molecule has 0 spiro atoms. The number of carbonyl (C=O) groups is 1. The summed E-state index contributed by atoms with van der Waals surface area (Å²) < 4.78 is 2.66. The van der Waals surface area contributed by atoms with Crippen molar-refractivity contribution in [3.63, 3.8) is 0 Å². The van der Waals surface area contributed by atoms with Crippen LogP contribution in [0.4, 0.5) is 11.5 Å². The molecule has 1 N–H and O–H groups in total. The summed E-state index contributed by atoms with van der Waals surface area (Å²) in [6.45, 7) is 1.28. The summed E-state index contributed by atoms with van der Waals surface area (Å²) in [4.78, 5) is 22.7. The number of hydrogen-bond donors (Lipinski definition) is 1. The molecule has 10 nitrogen and oxygen atoms in total. The molecule has 0 aliphatic heterocycles. The van der Waals surface area contributed by atoms with E-state index in [4.69, 9.17) is 0 Å². The molecular formula is C16H13N7O3. The number of carbonyl (C=O) groups excluding carboxylic acids is 1. The molecule has 0 saturated heterocycles. The van der Waals surface area contributed by atoms with E-state index >= 15 is 0 Å². The molecule has 1 aromatic carbocycles. The summed E-state index contributed by atoms with van der Waals surface area (Å²) in [6, 6.07) is 11.0. The van der Waals surface area contributed by atoms with Crippen molar-refractivity contribution in [3.8, 4) is 11.8 Å². The fraction of sp³-hybridized carbons (Fsp3) is 0.125. The standard InChI is InChI=1S/C16H13N7O3/c1-11-14(23(25)26)9-18-21(11)10-15(24)20-16-12(7-17)8-19-22(16)13-5-3-2-4-6-13/h2-6,8-9H,10H2,1H3,(H,20,24). The zero-order valence-corrected chi connectivity index (χ0v) is 13.7. The van der Waals surface area contributed by atoms with Gasteiger partial charge in [-0.3, -0.25) is 19.6 Å². The molecule has 0 fully saturated rings. The minimum absolute atomic E-state index is 0.162. The predicted molar refractivity (Wildman–Crippen MR) is 90.5 cm³/mol. The molecule has 2 heterocycles. The van der Waals surface area contributed by atoms with E-state index in [1.54, 1.807) is 24.3 Å². The van der Waals surface area contributed by atoms with Gasteiger partial charge in [0.15, 0.2) is 5.82 Å². The van der Waals surface area contributed by atoms with Gasteiger partial charge in [-0.1, -0.05) is 18.2 Å². The molecule has 1 amide bonds. The van der Waals surface area contributed by atoms with Crippen molar-refractivity contribution in [1.82, 2.24) is 19.6 Å². The van der Waals surface area contributed by atoms with Gasteiger partial charge < -0.3 is 5.32 Å². The summed E-state index contributed by atoms with van der Waals surface area (Å²) in [7, 11) is 0. The first-order valence-corrected chi connectivity index (χ1v) is 7.51. The highest BCUT2D eigenvalue weighted by molar-refractivity contribution is 5.91. The van der Waals surface area contributed by atoms with Crippen molar-refractivity contribution in [3.05, 3.63) is 64.1 Å². The number of nitrogens with zero attached hydrogens (tertiary/aromatic N) is 6. The second-order valence-corrected chi connectivity index (χ2v) is 5.34. The first-order chi connectivity index (χ1) is 12.5. The Bertz CT molecular complexity index is 1010. The number of amides is 1. The van der Waals surface area contributed by atoms with Gasteiger partial charge in [-0.2, -0.15) is 15.5 Å². The maximum absolute atomic E-state index is 12.4. The predicted octanol–water partition coefficient (Wildman–Crippen LogP) is 1.80. The third-order valence-corrected chi connectivity index (χ3v) is 3.72. The van der Waals surface area contributed by atoms with Crippen molar-refractivity contribution in [2.75, 3.05) is 5.32 Å². The molecule has 130 valence electrons. The van der Waals surface area contributed by atoms with Gasteiger partial charge in [-0.15, -0.1) is 0 Å². The molecule has 0 radical (unpaired) electrons. The molecule has 2 aromatic heterocycles. The largest absolute Gasteiger partial charge is 0.309 e. The maximum Gasteiger partial charge on any atom is 0.309 e. The van der Waals surface area contributed by atoms with Crippen molar-refractivity contribution in [1.29, 1.82) is 5.26 Å². The van der Waals surface area contributed by atoms with Crippen LogP contribution in [0, 0.1) is 28.4 Å². The fourth-order valence-corrected chi connectivity index (χ4v) is 2.40. The van der Waals surface area contributed by atoms with Crippen molar-refractivity contribution in [2.24, 2.45) is 0 Å². The van der Waals surface area contributed by atoms with E-state index in [-0.39, 0.29) is 29.3 Å². The average molecular weight is 351 g/mol. The van der Waals surface area contributed by atoms with Gasteiger partial charge >= 0.3 is 5.69 Å². The quantitative estimate of drug-likeness (QED) is 0.550. The molecule has 3 rings (SSSR count). The highest BCUT2D eigenvalue weighted by atomic mass is 16.6. The Morgan fingerprint density at radius 1 is 1.31 bits per heavy atom. The summed E-state index contributed by atoms with van der Waals surface area (Å²) in [5.74, 6) is -0.261. The minimum atomic E-state index is -0.561. The highest BCUT2D eigenvalue weighted by Crippen LogP contribution is 2.20. The highest BCUT2D eigenvalue weighted by Gasteiger charge is 2.20. The Morgan fingerprint density at radius 3 is 2.65 bits per heavy atom. The average Bonchev–Trinajstić information content (AvgIpc) is 3.19. The maximum atomic E-state index is 12.4. The van der Waals surface area contributed by atoms with Crippen molar-refractivity contribution in [2.45, 2.75) is 13.5 Å². The van der Waals surface area contributed by atoms with Crippen LogP contribution in [0.1, 0.15) is 11.3 Å². The monoisotopic (exact) mass is 351 g/mol. The third kappa shape index (κ3) is 3.13. The topological polar surface area (TPSA) is 132 Å². The number of rotatable bonds is 5. The van der Waals surface area contributed by atoms with Gasteiger partial charge in [0.05, 0.1) is 16.8 Å². The SMILES string of the molecule is Cc1c([N+](=O)[O-])cnn1CC(=O)Nc1c(C#N)cnn1-c1ccccc1. The van der Waals surface area contributed by atoms with Gasteiger partial charge in [0, 0.05) is 0 Å². The van der Waals surface area contributed by atoms with Crippen LogP contribution in [0.3, 0.4) is 0 Å². The van der Waals surface area contributed by atoms with Crippen LogP contribution in [0.2, 0.25) is 0 Å². The number of nitriles is 1. The van der Waals surface area contributed by atoms with E-state index < -0.39 is 10.8 Å². The molecule has 0 saturated carbocycles. The lowest BCUT2D eigenvalue weighted by atomic mass is 10.3. The third-order valence-electron chi connectivity index (χ3n) is 3.72. The second-order valence-electron chi connectivity index (χ2n) is 5.34. The van der Waals surface area contributed by atoms with Gasteiger partial charge in [0.1, 0.15) is 30.1 Å². The Kier molecular flexibility index (Phi) is 4.44. The van der Waals surface area contributed by atoms with Gasteiger partial charge in [0.2, 0.25) is 5.91 Å². The van der Waals surface area contributed by atoms with E-state index in [1.807, 2.05) is 12.1 Å². The summed E-state index contributed by atoms with van der Waals surface area (Å²) in [6.07, 6.45) is 2.45. The fourth-order valence-electron chi connectivity index (χ4n) is 2.40. The van der Waals surface area contributed by atoms with E-state index in [0.29, 0.717) is 5.69 Å². The Balaban J connectivity index is 1.85. The Hall–Kier alpha value is -4.00. The van der Waals surface area contributed by atoms with E-state index in [9.17, 15) is 20.2 Å². The number of anilines is 1. The van der Waals surface area contributed by atoms with Crippen LogP contribution in [0.5, 0.6) is 0 Å². The number of hydrogen-bond acceptors (Lipinski definition) is 6. The number of para-hydroxylation sites is 1. The van der Waals surface area contributed by atoms with Crippen LogP contribution >= 0.6 is 0 Å². The lowest BCUT2D eigenvalue weighted by Crippen LogP contribution is -2.22. The Labute approximate surface area is 147 Å². The summed E-state index contributed by atoms with van der Waals surface area (Å²) >= 11 is 0. The molecule has 0 bridgehead atoms. The van der Waals surface area contributed by atoms with Crippen LogP contribution in [0.25, 0.3) is 5.69 Å². The lowest BCUT2D eigenvalue weighted by molar-refractivity contribution is -0.385. The number of nitrogens with one attached hydrogen (secondary N) is 1. The van der Waals surface area contributed by atoms with Gasteiger partial charge in [-0.25, -0.2) is 4.68 Å². The number of aromatic nitrogens is 4. The van der Waals surface area contributed by atoms with Crippen LogP contribution in [0.15, 0.2) is 42.7 Å². The number of benzene rings is 1.